The zero-order valence-corrected chi connectivity index (χ0v) is 12.2. The van der Waals surface area contributed by atoms with Gasteiger partial charge in [-0.3, -0.25) is 0 Å². The summed E-state index contributed by atoms with van der Waals surface area (Å²) < 4.78 is 0. The molecule has 2 heteroatoms. The Labute approximate surface area is 116 Å². The minimum Gasteiger partial charge on any atom is -0.382 e. The van der Waals surface area contributed by atoms with Crippen LogP contribution >= 0.6 is 0 Å². The quantitative estimate of drug-likeness (QED) is 0.865. The summed E-state index contributed by atoms with van der Waals surface area (Å²) in [5, 5.41) is 12.8. The summed E-state index contributed by atoms with van der Waals surface area (Å²) in [5.74, 6) is 0.886. The average Bonchev–Trinajstić information content (AvgIpc) is 2.42. The Hall–Kier alpha value is -1.49. The Morgan fingerprint density at radius 2 is 1.68 bits per heavy atom. The van der Waals surface area contributed by atoms with Crippen LogP contribution in [0.15, 0.2) is 24.3 Å². The van der Waals surface area contributed by atoms with Crippen LogP contribution < -0.4 is 5.32 Å². The van der Waals surface area contributed by atoms with Gasteiger partial charge in [-0.1, -0.05) is 19.1 Å². The minimum atomic E-state index is -0.404. The van der Waals surface area contributed by atoms with Gasteiger partial charge in [-0.05, 0) is 63.1 Å². The third-order valence-corrected chi connectivity index (χ3v) is 4.27. The maximum atomic E-state index is 9.14. The first-order valence-corrected chi connectivity index (χ1v) is 7.29. The largest absolute Gasteiger partial charge is 0.382 e. The summed E-state index contributed by atoms with van der Waals surface area (Å²) in [6.07, 6.45) is 5.20. The molecule has 2 nitrogen and oxygen atoms in total. The van der Waals surface area contributed by atoms with Gasteiger partial charge in [0.05, 0.1) is 11.5 Å². The van der Waals surface area contributed by atoms with Gasteiger partial charge < -0.3 is 5.32 Å². The molecule has 1 saturated carbocycles. The number of anilines is 1. The van der Waals surface area contributed by atoms with Gasteiger partial charge in [-0.15, -0.1) is 0 Å². The molecule has 1 aromatic rings. The van der Waals surface area contributed by atoms with Crippen molar-refractivity contribution in [1.29, 1.82) is 5.26 Å². The Balaban J connectivity index is 1.98. The SMILES string of the molecule is CC1CCC(Nc2ccc(C(C)(C)C#N)cc2)CC1. The van der Waals surface area contributed by atoms with Crippen molar-refractivity contribution >= 4 is 5.69 Å². The second-order valence-electron chi connectivity index (χ2n) is 6.42. The van der Waals surface area contributed by atoms with Crippen LogP contribution in [0.25, 0.3) is 0 Å². The smallest absolute Gasteiger partial charge is 0.0766 e. The van der Waals surface area contributed by atoms with Crippen LogP contribution in [0, 0.1) is 17.2 Å². The fourth-order valence-corrected chi connectivity index (χ4v) is 2.69. The molecule has 1 aliphatic carbocycles. The maximum Gasteiger partial charge on any atom is 0.0766 e. The highest BCUT2D eigenvalue weighted by Crippen LogP contribution is 2.27. The fourth-order valence-electron chi connectivity index (χ4n) is 2.69. The third kappa shape index (κ3) is 3.50. The van der Waals surface area contributed by atoms with Crippen LogP contribution in [0.1, 0.15) is 52.0 Å². The monoisotopic (exact) mass is 256 g/mol. The molecule has 0 atom stereocenters. The molecule has 1 aromatic carbocycles. The van der Waals surface area contributed by atoms with Crippen LogP contribution in [0.5, 0.6) is 0 Å². The van der Waals surface area contributed by atoms with E-state index in [0.29, 0.717) is 6.04 Å². The van der Waals surface area contributed by atoms with Crippen LogP contribution in [0.2, 0.25) is 0 Å². The van der Waals surface area contributed by atoms with E-state index in [1.54, 1.807) is 0 Å². The van der Waals surface area contributed by atoms with Crippen LogP contribution in [0.3, 0.4) is 0 Å². The normalized spacial score (nSPS) is 23.7. The van der Waals surface area contributed by atoms with Crippen molar-refractivity contribution < 1.29 is 0 Å². The number of nitriles is 1. The molecule has 0 radical (unpaired) electrons. The Kier molecular flexibility index (Phi) is 4.14. The molecule has 0 heterocycles. The number of nitrogens with zero attached hydrogens (tertiary/aromatic N) is 1. The molecule has 1 fully saturated rings. The molecular weight excluding hydrogens is 232 g/mol. The lowest BCUT2D eigenvalue weighted by molar-refractivity contribution is 0.361. The second-order valence-corrected chi connectivity index (χ2v) is 6.42. The first-order valence-electron chi connectivity index (χ1n) is 7.29. The fraction of sp³-hybridized carbons (Fsp3) is 0.588. The van der Waals surface area contributed by atoms with E-state index in [4.69, 9.17) is 5.26 Å². The predicted molar refractivity (Wildman–Crippen MR) is 80.1 cm³/mol. The molecule has 1 aliphatic rings. The number of benzene rings is 1. The predicted octanol–water partition coefficient (Wildman–Crippen LogP) is 4.48. The van der Waals surface area contributed by atoms with Crippen molar-refractivity contribution in [3.05, 3.63) is 29.8 Å². The Morgan fingerprint density at radius 1 is 1.11 bits per heavy atom. The van der Waals surface area contributed by atoms with E-state index in [1.807, 2.05) is 13.8 Å². The van der Waals surface area contributed by atoms with Crippen molar-refractivity contribution in [3.8, 4) is 6.07 Å². The van der Waals surface area contributed by atoms with Gasteiger partial charge in [-0.2, -0.15) is 5.26 Å². The number of nitrogens with one attached hydrogen (secondary N) is 1. The summed E-state index contributed by atoms with van der Waals surface area (Å²) in [6, 6.07) is 11.3. The maximum absolute atomic E-state index is 9.14. The molecule has 0 spiro atoms. The van der Waals surface area contributed by atoms with Crippen molar-refractivity contribution in [2.24, 2.45) is 5.92 Å². The summed E-state index contributed by atoms with van der Waals surface area (Å²) in [5.41, 5.74) is 1.86. The molecule has 0 saturated heterocycles. The Bertz CT molecular complexity index is 445. The Morgan fingerprint density at radius 3 is 2.21 bits per heavy atom. The highest BCUT2D eigenvalue weighted by atomic mass is 14.9. The van der Waals surface area contributed by atoms with Crippen LogP contribution in [0.4, 0.5) is 5.69 Å². The van der Waals surface area contributed by atoms with E-state index in [2.05, 4.69) is 42.6 Å². The minimum absolute atomic E-state index is 0.404. The van der Waals surface area contributed by atoms with E-state index in [1.165, 1.54) is 31.4 Å². The molecule has 19 heavy (non-hydrogen) atoms. The van der Waals surface area contributed by atoms with Crippen molar-refractivity contribution in [1.82, 2.24) is 0 Å². The van der Waals surface area contributed by atoms with E-state index < -0.39 is 5.41 Å². The van der Waals surface area contributed by atoms with Crippen LogP contribution in [-0.4, -0.2) is 6.04 Å². The van der Waals surface area contributed by atoms with Crippen molar-refractivity contribution in [2.45, 2.75) is 57.9 Å². The summed E-state index contributed by atoms with van der Waals surface area (Å²) in [6.45, 7) is 6.25. The van der Waals surface area contributed by atoms with Gasteiger partial charge in [0.2, 0.25) is 0 Å². The highest BCUT2D eigenvalue weighted by molar-refractivity contribution is 5.47. The molecule has 0 bridgehead atoms. The van der Waals surface area contributed by atoms with Gasteiger partial charge >= 0.3 is 0 Å². The molecule has 1 N–H and O–H groups in total. The standard InChI is InChI=1S/C17H24N2/c1-13-4-8-15(9-5-13)19-16-10-6-14(7-11-16)17(2,3)12-18/h6-7,10-11,13,15,19H,4-5,8-9H2,1-3H3. The highest BCUT2D eigenvalue weighted by Gasteiger charge is 2.20. The van der Waals surface area contributed by atoms with E-state index in [9.17, 15) is 0 Å². The molecular formula is C17H24N2. The first kappa shape index (κ1) is 13.9. The lowest BCUT2D eigenvalue weighted by Crippen LogP contribution is -2.25. The lowest BCUT2D eigenvalue weighted by Gasteiger charge is -2.28. The molecule has 2 rings (SSSR count). The third-order valence-electron chi connectivity index (χ3n) is 4.27. The number of hydrogen-bond acceptors (Lipinski definition) is 2. The summed E-state index contributed by atoms with van der Waals surface area (Å²) in [4.78, 5) is 0. The zero-order valence-electron chi connectivity index (χ0n) is 12.2. The molecule has 0 aromatic heterocycles. The van der Waals surface area contributed by atoms with E-state index in [0.717, 1.165) is 11.5 Å². The molecule has 0 amide bonds. The van der Waals surface area contributed by atoms with Gasteiger partial charge in [0, 0.05) is 11.7 Å². The van der Waals surface area contributed by atoms with Gasteiger partial charge in [0.1, 0.15) is 0 Å². The first-order chi connectivity index (χ1) is 9.01. The topological polar surface area (TPSA) is 35.8 Å². The molecule has 0 unspecified atom stereocenters. The van der Waals surface area contributed by atoms with E-state index >= 15 is 0 Å². The van der Waals surface area contributed by atoms with Crippen LogP contribution in [-0.2, 0) is 5.41 Å². The summed E-state index contributed by atoms with van der Waals surface area (Å²) >= 11 is 0. The van der Waals surface area contributed by atoms with Crippen molar-refractivity contribution in [2.75, 3.05) is 5.32 Å². The van der Waals surface area contributed by atoms with Crippen molar-refractivity contribution in [3.63, 3.8) is 0 Å². The molecule has 102 valence electrons. The second kappa shape index (κ2) is 5.65. The number of rotatable bonds is 3. The molecule has 0 aliphatic heterocycles. The average molecular weight is 256 g/mol. The number of hydrogen-bond donors (Lipinski definition) is 1. The van der Waals surface area contributed by atoms with Gasteiger partial charge in [0.15, 0.2) is 0 Å². The lowest BCUT2D eigenvalue weighted by atomic mass is 9.86. The van der Waals surface area contributed by atoms with Gasteiger partial charge in [-0.25, -0.2) is 0 Å². The summed E-state index contributed by atoms with van der Waals surface area (Å²) in [7, 11) is 0. The zero-order chi connectivity index (χ0) is 13.9. The van der Waals surface area contributed by atoms with Gasteiger partial charge in [0.25, 0.3) is 0 Å². The van der Waals surface area contributed by atoms with E-state index in [-0.39, 0.29) is 0 Å².